The quantitative estimate of drug-likeness (QED) is 0.811. The molecule has 0 radical (unpaired) electrons. The number of aromatic nitrogens is 1. The fourth-order valence-electron chi connectivity index (χ4n) is 3.18. The third-order valence-corrected chi connectivity index (χ3v) is 5.53. The zero-order valence-electron chi connectivity index (χ0n) is 15.3. The van der Waals surface area contributed by atoms with Gasteiger partial charge in [0.1, 0.15) is 0 Å². The summed E-state index contributed by atoms with van der Waals surface area (Å²) in [6.45, 7) is 8.68. The van der Waals surface area contributed by atoms with E-state index in [1.165, 1.54) is 5.56 Å². The fraction of sp³-hybridized carbons (Fsp3) is 0.400. The van der Waals surface area contributed by atoms with E-state index in [0.717, 1.165) is 48.4 Å². The number of aryl methyl sites for hydroxylation is 1. The lowest BCUT2D eigenvalue weighted by Crippen LogP contribution is -2.52. The van der Waals surface area contributed by atoms with Crippen LogP contribution in [0.25, 0.3) is 0 Å². The number of pyridine rings is 1. The molecule has 3 rings (SSSR count). The van der Waals surface area contributed by atoms with Crippen molar-refractivity contribution in [3.63, 3.8) is 0 Å². The molecule has 1 saturated heterocycles. The van der Waals surface area contributed by atoms with Crippen molar-refractivity contribution in [1.82, 2.24) is 14.8 Å². The predicted molar refractivity (Wildman–Crippen MR) is 108 cm³/mol. The number of rotatable bonds is 5. The van der Waals surface area contributed by atoms with Crippen LogP contribution in [0, 0.1) is 6.92 Å². The minimum absolute atomic E-state index is 0.0390. The molecular weight excluding hydrogens is 392 g/mol. The van der Waals surface area contributed by atoms with E-state index in [-0.39, 0.29) is 11.9 Å². The summed E-state index contributed by atoms with van der Waals surface area (Å²) in [6, 6.07) is 9.92. The molecule has 2 aromatic rings. The molecule has 1 unspecified atom stereocenters. The highest BCUT2D eigenvalue weighted by Crippen LogP contribution is 2.24. The zero-order chi connectivity index (χ0) is 18.5. The van der Waals surface area contributed by atoms with Gasteiger partial charge in [0, 0.05) is 49.6 Å². The first-order valence-corrected chi connectivity index (χ1v) is 9.74. The molecule has 2 heterocycles. The van der Waals surface area contributed by atoms with Crippen LogP contribution < -0.4 is 5.32 Å². The molecule has 0 aliphatic carbocycles. The second kappa shape index (κ2) is 8.75. The second-order valence-electron chi connectivity index (χ2n) is 6.82. The van der Waals surface area contributed by atoms with Crippen LogP contribution in [0.15, 0.2) is 47.2 Å². The fourth-order valence-corrected chi connectivity index (χ4v) is 3.77. The zero-order valence-corrected chi connectivity index (χ0v) is 16.9. The minimum atomic E-state index is -0.147. The molecule has 1 N–H and O–H groups in total. The van der Waals surface area contributed by atoms with Crippen LogP contribution in [0.3, 0.4) is 0 Å². The average molecular weight is 417 g/mol. The van der Waals surface area contributed by atoms with Crippen molar-refractivity contribution in [2.45, 2.75) is 26.4 Å². The van der Waals surface area contributed by atoms with E-state index in [1.54, 1.807) is 0 Å². The standard InChI is InChI=1S/C20H25BrN4O/c1-15-3-4-19(18(21)13-15)23-20(26)16(2)25-11-9-24(10-12-25)14-17-5-7-22-8-6-17/h3-8,13,16H,9-12,14H2,1-2H3,(H,23,26). The van der Waals surface area contributed by atoms with Gasteiger partial charge in [0.2, 0.25) is 5.91 Å². The summed E-state index contributed by atoms with van der Waals surface area (Å²) in [5.41, 5.74) is 3.26. The summed E-state index contributed by atoms with van der Waals surface area (Å²) in [5, 5.41) is 3.04. The van der Waals surface area contributed by atoms with E-state index in [1.807, 2.05) is 44.4 Å². The number of hydrogen-bond acceptors (Lipinski definition) is 4. The monoisotopic (exact) mass is 416 g/mol. The number of carbonyl (C=O) groups is 1. The van der Waals surface area contributed by atoms with E-state index in [2.05, 4.69) is 48.2 Å². The summed E-state index contributed by atoms with van der Waals surface area (Å²) in [7, 11) is 0. The smallest absolute Gasteiger partial charge is 0.241 e. The first-order valence-electron chi connectivity index (χ1n) is 8.95. The maximum atomic E-state index is 12.6. The number of anilines is 1. The van der Waals surface area contributed by atoms with Crippen molar-refractivity contribution in [2.24, 2.45) is 0 Å². The molecular formula is C20H25BrN4O. The van der Waals surface area contributed by atoms with Crippen LogP contribution >= 0.6 is 15.9 Å². The molecule has 1 aromatic heterocycles. The molecule has 1 atom stereocenters. The molecule has 1 aliphatic heterocycles. The lowest BCUT2D eigenvalue weighted by Gasteiger charge is -2.37. The molecule has 0 saturated carbocycles. The number of hydrogen-bond donors (Lipinski definition) is 1. The van der Waals surface area contributed by atoms with E-state index in [9.17, 15) is 4.79 Å². The molecule has 26 heavy (non-hydrogen) atoms. The summed E-state index contributed by atoms with van der Waals surface area (Å²) >= 11 is 3.52. The molecule has 0 spiro atoms. The van der Waals surface area contributed by atoms with Gasteiger partial charge in [-0.2, -0.15) is 0 Å². The van der Waals surface area contributed by atoms with Gasteiger partial charge in [-0.25, -0.2) is 0 Å². The van der Waals surface area contributed by atoms with E-state index in [0.29, 0.717) is 0 Å². The van der Waals surface area contributed by atoms with Crippen LogP contribution in [0.2, 0.25) is 0 Å². The lowest BCUT2D eigenvalue weighted by atomic mass is 10.1. The maximum absolute atomic E-state index is 12.6. The van der Waals surface area contributed by atoms with E-state index < -0.39 is 0 Å². The number of nitrogens with one attached hydrogen (secondary N) is 1. The van der Waals surface area contributed by atoms with Crippen LogP contribution in [0.1, 0.15) is 18.1 Å². The number of nitrogens with zero attached hydrogens (tertiary/aromatic N) is 3. The average Bonchev–Trinajstić information content (AvgIpc) is 2.65. The molecule has 1 aliphatic rings. The summed E-state index contributed by atoms with van der Waals surface area (Å²) < 4.78 is 0.917. The van der Waals surface area contributed by atoms with Crippen molar-refractivity contribution in [2.75, 3.05) is 31.5 Å². The first kappa shape index (κ1) is 19.0. The number of amides is 1. The Kier molecular flexibility index (Phi) is 6.40. The van der Waals surface area contributed by atoms with Crippen molar-refractivity contribution in [1.29, 1.82) is 0 Å². The normalized spacial score (nSPS) is 17.0. The van der Waals surface area contributed by atoms with Gasteiger partial charge < -0.3 is 5.32 Å². The molecule has 138 valence electrons. The van der Waals surface area contributed by atoms with Gasteiger partial charge in [-0.1, -0.05) is 6.07 Å². The van der Waals surface area contributed by atoms with Crippen molar-refractivity contribution >= 4 is 27.5 Å². The van der Waals surface area contributed by atoms with Crippen LogP contribution in [-0.2, 0) is 11.3 Å². The third-order valence-electron chi connectivity index (χ3n) is 4.87. The Balaban J connectivity index is 1.51. The van der Waals surface area contributed by atoms with Gasteiger partial charge in [-0.3, -0.25) is 19.6 Å². The Morgan fingerprint density at radius 3 is 2.54 bits per heavy atom. The largest absolute Gasteiger partial charge is 0.324 e. The highest BCUT2D eigenvalue weighted by molar-refractivity contribution is 9.10. The molecule has 6 heteroatoms. The molecule has 5 nitrogen and oxygen atoms in total. The van der Waals surface area contributed by atoms with Gasteiger partial charge in [-0.15, -0.1) is 0 Å². The number of benzene rings is 1. The van der Waals surface area contributed by atoms with Crippen molar-refractivity contribution in [3.8, 4) is 0 Å². The van der Waals surface area contributed by atoms with E-state index in [4.69, 9.17) is 0 Å². The van der Waals surface area contributed by atoms with Gasteiger partial charge >= 0.3 is 0 Å². The van der Waals surface area contributed by atoms with Crippen LogP contribution in [-0.4, -0.2) is 52.9 Å². The maximum Gasteiger partial charge on any atom is 0.241 e. The van der Waals surface area contributed by atoms with Gasteiger partial charge in [0.05, 0.1) is 11.7 Å². The Hall–Kier alpha value is -1.76. The molecule has 1 fully saturated rings. The Morgan fingerprint density at radius 1 is 1.19 bits per heavy atom. The van der Waals surface area contributed by atoms with Crippen molar-refractivity contribution in [3.05, 3.63) is 58.3 Å². The number of halogens is 1. The predicted octanol–water partition coefficient (Wildman–Crippen LogP) is 3.30. The summed E-state index contributed by atoms with van der Waals surface area (Å²) in [4.78, 5) is 21.4. The highest BCUT2D eigenvalue weighted by Gasteiger charge is 2.25. The first-order chi connectivity index (χ1) is 12.5. The minimum Gasteiger partial charge on any atom is -0.324 e. The van der Waals surface area contributed by atoms with Crippen LogP contribution in [0.5, 0.6) is 0 Å². The van der Waals surface area contributed by atoms with Crippen molar-refractivity contribution < 1.29 is 4.79 Å². The van der Waals surface area contributed by atoms with Gasteiger partial charge in [0.15, 0.2) is 0 Å². The highest BCUT2D eigenvalue weighted by atomic mass is 79.9. The molecule has 0 bridgehead atoms. The number of piperazine rings is 1. The van der Waals surface area contributed by atoms with E-state index >= 15 is 0 Å². The third kappa shape index (κ3) is 4.90. The molecule has 1 aromatic carbocycles. The number of carbonyl (C=O) groups excluding carboxylic acids is 1. The summed E-state index contributed by atoms with van der Waals surface area (Å²) in [5.74, 6) is 0.0390. The van der Waals surface area contributed by atoms with Gasteiger partial charge in [0.25, 0.3) is 0 Å². The lowest BCUT2D eigenvalue weighted by molar-refractivity contribution is -0.121. The van der Waals surface area contributed by atoms with Crippen LogP contribution in [0.4, 0.5) is 5.69 Å². The SMILES string of the molecule is Cc1ccc(NC(=O)C(C)N2CCN(Cc3ccncc3)CC2)c(Br)c1. The Morgan fingerprint density at radius 2 is 1.88 bits per heavy atom. The summed E-state index contributed by atoms with van der Waals surface area (Å²) in [6.07, 6.45) is 3.67. The van der Waals surface area contributed by atoms with Gasteiger partial charge in [-0.05, 0) is 65.2 Å². The topological polar surface area (TPSA) is 48.5 Å². The molecule has 1 amide bonds. The Bertz CT molecular complexity index is 745. The second-order valence-corrected chi connectivity index (χ2v) is 7.67. The Labute approximate surface area is 163 Å².